The Labute approximate surface area is 100 Å². The summed E-state index contributed by atoms with van der Waals surface area (Å²) in [5.41, 5.74) is 1.26. The molecule has 0 saturated carbocycles. The number of benzene rings is 1. The van der Waals surface area contributed by atoms with E-state index >= 15 is 0 Å². The average Bonchev–Trinajstić information content (AvgIpc) is 2.55. The van der Waals surface area contributed by atoms with Gasteiger partial charge in [0, 0.05) is 16.5 Å². The van der Waals surface area contributed by atoms with E-state index in [-0.39, 0.29) is 0 Å². The zero-order valence-corrected chi connectivity index (χ0v) is 10.5. The molecule has 0 spiro atoms. The van der Waals surface area contributed by atoms with Crippen LogP contribution in [0.15, 0.2) is 35.2 Å². The second-order valence-electron chi connectivity index (χ2n) is 3.43. The molecule has 80 valence electrons. The van der Waals surface area contributed by atoms with E-state index in [1.165, 1.54) is 10.6 Å². The van der Waals surface area contributed by atoms with Crippen LogP contribution in [0.4, 0.5) is 5.69 Å². The maximum Gasteiger partial charge on any atom is 0.0982 e. The first-order chi connectivity index (χ1) is 7.26. The van der Waals surface area contributed by atoms with Crippen LogP contribution in [0.5, 0.6) is 0 Å². The lowest BCUT2D eigenvalue weighted by molar-refractivity contribution is 0.877. The van der Waals surface area contributed by atoms with Crippen molar-refractivity contribution >= 4 is 29.1 Å². The highest BCUT2D eigenvalue weighted by atomic mass is 35.5. The fourth-order valence-corrected chi connectivity index (χ4v) is 3.30. The van der Waals surface area contributed by atoms with Gasteiger partial charge >= 0.3 is 0 Å². The Morgan fingerprint density at radius 2 is 2.33 bits per heavy atom. The van der Waals surface area contributed by atoms with Gasteiger partial charge in [0.25, 0.3) is 0 Å². The molecule has 1 heterocycles. The summed E-state index contributed by atoms with van der Waals surface area (Å²) in [5.74, 6) is 0. The molecule has 0 saturated heterocycles. The average molecular weight is 240 g/mol. The van der Waals surface area contributed by atoms with Gasteiger partial charge in [-0.2, -0.15) is 0 Å². The number of allylic oxidation sites excluding steroid dienone is 1. The number of hydrogen-bond donors (Lipinski definition) is 0. The standard InChI is InChI=1S/C12H14ClNS/c1-3-5-12-14(4-2)10-8-9(13)6-7-11(10)15-12/h3,5-8,12H,4H2,1-2H3/b5-3+. The van der Waals surface area contributed by atoms with Crippen molar-refractivity contribution in [2.24, 2.45) is 0 Å². The van der Waals surface area contributed by atoms with E-state index in [0.717, 1.165) is 11.6 Å². The largest absolute Gasteiger partial charge is 0.355 e. The second kappa shape index (κ2) is 4.50. The molecule has 1 aliphatic rings. The predicted molar refractivity (Wildman–Crippen MR) is 68.9 cm³/mol. The summed E-state index contributed by atoms with van der Waals surface area (Å²) in [6.07, 6.45) is 4.33. The van der Waals surface area contributed by atoms with Gasteiger partial charge in [-0.15, -0.1) is 0 Å². The van der Waals surface area contributed by atoms with E-state index in [1.807, 2.05) is 17.8 Å². The van der Waals surface area contributed by atoms with Crippen molar-refractivity contribution in [3.63, 3.8) is 0 Å². The van der Waals surface area contributed by atoms with Crippen LogP contribution in [0, 0.1) is 0 Å². The number of hydrogen-bond acceptors (Lipinski definition) is 2. The predicted octanol–water partition coefficient (Wildman–Crippen LogP) is 4.17. The lowest BCUT2D eigenvalue weighted by Gasteiger charge is -2.22. The number of thioether (sulfide) groups is 1. The highest BCUT2D eigenvalue weighted by molar-refractivity contribution is 8.00. The van der Waals surface area contributed by atoms with Crippen LogP contribution in [-0.2, 0) is 0 Å². The highest BCUT2D eigenvalue weighted by Gasteiger charge is 2.26. The summed E-state index contributed by atoms with van der Waals surface area (Å²) in [6.45, 7) is 5.24. The van der Waals surface area contributed by atoms with E-state index in [1.54, 1.807) is 0 Å². The minimum absolute atomic E-state index is 0.425. The molecule has 1 nitrogen and oxygen atoms in total. The number of fused-ring (bicyclic) bond motifs is 1. The molecule has 2 rings (SSSR count). The first-order valence-electron chi connectivity index (χ1n) is 5.12. The third kappa shape index (κ3) is 2.01. The molecule has 0 aromatic heterocycles. The van der Waals surface area contributed by atoms with Gasteiger partial charge in [-0.3, -0.25) is 0 Å². The van der Waals surface area contributed by atoms with Crippen molar-refractivity contribution in [3.05, 3.63) is 35.4 Å². The summed E-state index contributed by atoms with van der Waals surface area (Å²) < 4.78 is 0. The fraction of sp³-hybridized carbons (Fsp3) is 0.333. The fourth-order valence-electron chi connectivity index (χ4n) is 1.80. The number of halogens is 1. The molecule has 1 unspecified atom stereocenters. The summed E-state index contributed by atoms with van der Waals surface area (Å²) in [4.78, 5) is 3.69. The monoisotopic (exact) mass is 239 g/mol. The molecule has 0 amide bonds. The lowest BCUT2D eigenvalue weighted by atomic mass is 10.3. The molecule has 0 bridgehead atoms. The van der Waals surface area contributed by atoms with Gasteiger partial charge in [0.05, 0.1) is 11.1 Å². The van der Waals surface area contributed by atoms with Crippen molar-refractivity contribution < 1.29 is 0 Å². The van der Waals surface area contributed by atoms with Crippen molar-refractivity contribution in [2.45, 2.75) is 24.1 Å². The Bertz CT molecular complexity index is 389. The molecular formula is C12H14ClNS. The summed E-state index contributed by atoms with van der Waals surface area (Å²) >= 11 is 7.90. The van der Waals surface area contributed by atoms with Crippen LogP contribution in [0.25, 0.3) is 0 Å². The van der Waals surface area contributed by atoms with Crippen molar-refractivity contribution in [1.29, 1.82) is 0 Å². The van der Waals surface area contributed by atoms with Crippen LogP contribution in [0.3, 0.4) is 0 Å². The molecule has 1 aromatic rings. The molecule has 0 radical (unpaired) electrons. The summed E-state index contributed by atoms with van der Waals surface area (Å²) in [7, 11) is 0. The minimum atomic E-state index is 0.425. The zero-order chi connectivity index (χ0) is 10.8. The van der Waals surface area contributed by atoms with Gasteiger partial charge in [-0.05, 0) is 32.0 Å². The molecule has 0 N–H and O–H groups in total. The lowest BCUT2D eigenvalue weighted by Crippen LogP contribution is -2.27. The van der Waals surface area contributed by atoms with E-state index in [4.69, 9.17) is 11.6 Å². The molecule has 0 fully saturated rings. The molecular weight excluding hydrogens is 226 g/mol. The third-order valence-corrected chi connectivity index (χ3v) is 3.97. The van der Waals surface area contributed by atoms with Crippen LogP contribution in [0.1, 0.15) is 13.8 Å². The molecule has 0 aliphatic carbocycles. The van der Waals surface area contributed by atoms with Crippen molar-refractivity contribution in [3.8, 4) is 0 Å². The van der Waals surface area contributed by atoms with Gasteiger partial charge in [0.15, 0.2) is 0 Å². The van der Waals surface area contributed by atoms with Crippen LogP contribution in [0.2, 0.25) is 5.02 Å². The second-order valence-corrected chi connectivity index (χ2v) is 5.03. The summed E-state index contributed by atoms with van der Waals surface area (Å²) in [6, 6.07) is 6.12. The molecule has 1 aliphatic heterocycles. The van der Waals surface area contributed by atoms with E-state index in [9.17, 15) is 0 Å². The summed E-state index contributed by atoms with van der Waals surface area (Å²) in [5, 5.41) is 1.24. The Hall–Kier alpha value is -0.600. The number of nitrogens with zero attached hydrogens (tertiary/aromatic N) is 1. The Balaban J connectivity index is 2.37. The molecule has 3 heteroatoms. The first-order valence-corrected chi connectivity index (χ1v) is 6.37. The Morgan fingerprint density at radius 1 is 1.53 bits per heavy atom. The van der Waals surface area contributed by atoms with Crippen LogP contribution in [-0.4, -0.2) is 11.9 Å². The molecule has 1 aromatic carbocycles. The smallest absolute Gasteiger partial charge is 0.0982 e. The van der Waals surface area contributed by atoms with E-state index in [0.29, 0.717) is 5.37 Å². The third-order valence-electron chi connectivity index (χ3n) is 2.48. The number of rotatable bonds is 2. The van der Waals surface area contributed by atoms with E-state index < -0.39 is 0 Å². The van der Waals surface area contributed by atoms with Gasteiger partial charge in [-0.25, -0.2) is 0 Å². The van der Waals surface area contributed by atoms with Crippen molar-refractivity contribution in [2.75, 3.05) is 11.4 Å². The maximum absolute atomic E-state index is 6.02. The maximum atomic E-state index is 6.02. The van der Waals surface area contributed by atoms with E-state index in [2.05, 4.69) is 43.0 Å². The van der Waals surface area contributed by atoms with Crippen LogP contribution >= 0.6 is 23.4 Å². The molecule has 15 heavy (non-hydrogen) atoms. The van der Waals surface area contributed by atoms with Gasteiger partial charge in [-0.1, -0.05) is 35.5 Å². The number of likely N-dealkylation sites (N-methyl/N-ethyl adjacent to an activating group) is 1. The Morgan fingerprint density at radius 3 is 3.00 bits per heavy atom. The molecule has 1 atom stereocenters. The zero-order valence-electron chi connectivity index (χ0n) is 8.90. The van der Waals surface area contributed by atoms with Gasteiger partial charge in [0.1, 0.15) is 0 Å². The minimum Gasteiger partial charge on any atom is -0.355 e. The normalized spacial score (nSPS) is 19.9. The Kier molecular flexibility index (Phi) is 3.27. The van der Waals surface area contributed by atoms with Crippen molar-refractivity contribution in [1.82, 2.24) is 0 Å². The highest BCUT2D eigenvalue weighted by Crippen LogP contribution is 2.44. The SMILES string of the molecule is C/C=C/C1Sc2ccc(Cl)cc2N1CC. The first kappa shape index (κ1) is 10.9. The topological polar surface area (TPSA) is 3.24 Å². The quantitative estimate of drug-likeness (QED) is 0.713. The van der Waals surface area contributed by atoms with Crippen LogP contribution < -0.4 is 4.90 Å². The van der Waals surface area contributed by atoms with Gasteiger partial charge < -0.3 is 4.90 Å². The van der Waals surface area contributed by atoms with Gasteiger partial charge in [0.2, 0.25) is 0 Å². The number of anilines is 1.